The van der Waals surface area contributed by atoms with Gasteiger partial charge in [0.25, 0.3) is 5.56 Å². The van der Waals surface area contributed by atoms with E-state index in [1.54, 1.807) is 23.5 Å². The van der Waals surface area contributed by atoms with Crippen molar-refractivity contribution in [3.8, 4) is 0 Å². The molecule has 0 saturated heterocycles. The predicted octanol–water partition coefficient (Wildman–Crippen LogP) is 3.58. The van der Waals surface area contributed by atoms with Crippen molar-refractivity contribution in [2.24, 2.45) is 0 Å². The van der Waals surface area contributed by atoms with Crippen LogP contribution in [0.2, 0.25) is 5.02 Å². The van der Waals surface area contributed by atoms with Gasteiger partial charge in [0.1, 0.15) is 0 Å². The maximum absolute atomic E-state index is 12.5. The lowest BCUT2D eigenvalue weighted by Crippen LogP contribution is -2.23. The Morgan fingerprint density at radius 3 is 2.75 bits per heavy atom. The smallest absolute Gasteiger partial charge is 0.266 e. The molecule has 118 valence electrons. The second-order valence-corrected chi connectivity index (χ2v) is 7.35. The van der Waals surface area contributed by atoms with Crippen molar-refractivity contribution >= 4 is 57.5 Å². The fourth-order valence-electron chi connectivity index (χ4n) is 2.20. The average Bonchev–Trinajstić information content (AvgIpc) is 3.27. The van der Waals surface area contributed by atoms with Crippen LogP contribution in [0.4, 0.5) is 0 Å². The molecule has 4 rings (SSSR count). The van der Waals surface area contributed by atoms with Crippen molar-refractivity contribution in [2.45, 2.75) is 0 Å². The van der Waals surface area contributed by atoms with Crippen LogP contribution in [0.5, 0.6) is 0 Å². The van der Waals surface area contributed by atoms with E-state index in [0.29, 0.717) is 20.3 Å². The first kappa shape index (κ1) is 15.3. The predicted molar refractivity (Wildman–Crippen MR) is 101 cm³/mol. The Labute approximate surface area is 150 Å². The second-order valence-electron chi connectivity index (χ2n) is 4.95. The lowest BCUT2D eigenvalue weighted by molar-refractivity contribution is 0.925. The summed E-state index contributed by atoms with van der Waals surface area (Å²) in [7, 11) is 0. The van der Waals surface area contributed by atoms with Crippen LogP contribution < -0.4 is 10.1 Å². The SMILES string of the molecule is O=c1c(=Cc2ccccc2Cl)sc2nc(C=Cc3cccs3)nn12. The second kappa shape index (κ2) is 6.32. The van der Waals surface area contributed by atoms with Crippen molar-refractivity contribution < 1.29 is 0 Å². The lowest BCUT2D eigenvalue weighted by atomic mass is 10.2. The van der Waals surface area contributed by atoms with Gasteiger partial charge in [-0.1, -0.05) is 47.2 Å². The summed E-state index contributed by atoms with van der Waals surface area (Å²) in [5.74, 6) is 0.524. The molecule has 0 spiro atoms. The maximum Gasteiger partial charge on any atom is 0.291 e. The van der Waals surface area contributed by atoms with E-state index in [1.807, 2.05) is 47.9 Å². The Bertz CT molecular complexity index is 1140. The Morgan fingerprint density at radius 1 is 1.12 bits per heavy atom. The number of benzene rings is 1. The van der Waals surface area contributed by atoms with Crippen molar-refractivity contribution in [2.75, 3.05) is 0 Å². The third-order valence-electron chi connectivity index (χ3n) is 3.33. The number of thiophene rings is 1. The van der Waals surface area contributed by atoms with E-state index in [-0.39, 0.29) is 5.56 Å². The lowest BCUT2D eigenvalue weighted by Gasteiger charge is -1.94. The average molecular weight is 372 g/mol. The molecule has 0 radical (unpaired) electrons. The Balaban J connectivity index is 1.74. The van der Waals surface area contributed by atoms with Crippen LogP contribution >= 0.6 is 34.3 Å². The number of hydrogen-bond acceptors (Lipinski definition) is 5. The maximum atomic E-state index is 12.5. The molecule has 4 nitrogen and oxygen atoms in total. The summed E-state index contributed by atoms with van der Waals surface area (Å²) in [6.45, 7) is 0. The van der Waals surface area contributed by atoms with Gasteiger partial charge in [-0.2, -0.15) is 9.50 Å². The normalized spacial score (nSPS) is 12.6. The minimum absolute atomic E-state index is 0.182. The van der Waals surface area contributed by atoms with Crippen molar-refractivity contribution in [1.29, 1.82) is 0 Å². The van der Waals surface area contributed by atoms with E-state index in [9.17, 15) is 4.79 Å². The van der Waals surface area contributed by atoms with Gasteiger partial charge in [-0.3, -0.25) is 4.79 Å². The van der Waals surface area contributed by atoms with E-state index >= 15 is 0 Å². The third kappa shape index (κ3) is 2.91. The molecule has 0 unspecified atom stereocenters. The number of nitrogens with zero attached hydrogens (tertiary/aromatic N) is 3. The van der Waals surface area contributed by atoms with Crippen LogP contribution in [0, 0.1) is 0 Å². The Kier molecular flexibility index (Phi) is 4.02. The van der Waals surface area contributed by atoms with Gasteiger partial charge < -0.3 is 0 Å². The molecule has 0 aliphatic carbocycles. The molecule has 3 heterocycles. The summed E-state index contributed by atoms with van der Waals surface area (Å²) in [5, 5.41) is 6.88. The molecule has 0 aliphatic heterocycles. The molecule has 0 aliphatic rings. The zero-order valence-electron chi connectivity index (χ0n) is 12.2. The van der Waals surface area contributed by atoms with Gasteiger partial charge in [0, 0.05) is 9.90 Å². The number of aromatic nitrogens is 3. The topological polar surface area (TPSA) is 47.3 Å². The summed E-state index contributed by atoms with van der Waals surface area (Å²) in [4.78, 5) is 18.5. The molecular weight excluding hydrogens is 362 g/mol. The van der Waals surface area contributed by atoms with Gasteiger partial charge in [-0.25, -0.2) is 0 Å². The van der Waals surface area contributed by atoms with Crippen LogP contribution in [-0.4, -0.2) is 14.6 Å². The number of halogens is 1. The van der Waals surface area contributed by atoms with Gasteiger partial charge in [0.15, 0.2) is 5.82 Å². The van der Waals surface area contributed by atoms with Gasteiger partial charge in [-0.05, 0) is 41.3 Å². The Hall–Kier alpha value is -2.28. The zero-order valence-corrected chi connectivity index (χ0v) is 14.6. The van der Waals surface area contributed by atoms with Crippen molar-refractivity contribution in [3.63, 3.8) is 0 Å². The molecule has 4 aromatic rings. The quantitative estimate of drug-likeness (QED) is 0.553. The van der Waals surface area contributed by atoms with E-state index in [1.165, 1.54) is 15.9 Å². The van der Waals surface area contributed by atoms with Crippen LogP contribution in [-0.2, 0) is 0 Å². The van der Waals surface area contributed by atoms with E-state index in [4.69, 9.17) is 11.6 Å². The summed E-state index contributed by atoms with van der Waals surface area (Å²) in [6.07, 6.45) is 5.51. The highest BCUT2D eigenvalue weighted by Gasteiger charge is 2.09. The molecule has 0 amide bonds. The molecule has 0 atom stereocenters. The molecule has 0 bridgehead atoms. The molecule has 0 N–H and O–H groups in total. The van der Waals surface area contributed by atoms with Crippen LogP contribution in [0.25, 0.3) is 23.2 Å². The molecule has 1 aromatic carbocycles. The Morgan fingerprint density at radius 2 is 2.00 bits per heavy atom. The van der Waals surface area contributed by atoms with E-state index in [0.717, 1.165) is 10.4 Å². The van der Waals surface area contributed by atoms with Gasteiger partial charge in [0.2, 0.25) is 4.96 Å². The van der Waals surface area contributed by atoms with Crippen LogP contribution in [0.1, 0.15) is 16.3 Å². The van der Waals surface area contributed by atoms with Crippen molar-refractivity contribution in [3.05, 3.63) is 78.0 Å². The number of rotatable bonds is 3. The number of hydrogen-bond donors (Lipinski definition) is 0. The highest BCUT2D eigenvalue weighted by Crippen LogP contribution is 2.16. The molecule has 3 aromatic heterocycles. The molecule has 7 heteroatoms. The summed E-state index contributed by atoms with van der Waals surface area (Å²) in [6, 6.07) is 11.4. The zero-order chi connectivity index (χ0) is 16.5. The van der Waals surface area contributed by atoms with Gasteiger partial charge in [-0.15, -0.1) is 16.4 Å². The molecular formula is C17H10ClN3OS2. The summed E-state index contributed by atoms with van der Waals surface area (Å²) >= 11 is 9.08. The fraction of sp³-hybridized carbons (Fsp3) is 0. The number of thiazole rings is 1. The van der Waals surface area contributed by atoms with Crippen LogP contribution in [0.3, 0.4) is 0 Å². The van der Waals surface area contributed by atoms with Crippen LogP contribution in [0.15, 0.2) is 46.6 Å². The standard InChI is InChI=1S/C17H10ClN3OS2/c18-13-6-2-1-4-11(13)10-14-16(22)21-17(24-14)19-15(20-21)8-7-12-5-3-9-23-12/h1-10H. The largest absolute Gasteiger partial charge is 0.291 e. The minimum atomic E-state index is -0.182. The highest BCUT2D eigenvalue weighted by molar-refractivity contribution is 7.15. The van der Waals surface area contributed by atoms with Gasteiger partial charge >= 0.3 is 0 Å². The number of fused-ring (bicyclic) bond motifs is 1. The highest BCUT2D eigenvalue weighted by atomic mass is 35.5. The summed E-state index contributed by atoms with van der Waals surface area (Å²) in [5.41, 5.74) is 0.622. The first-order valence-electron chi connectivity index (χ1n) is 7.08. The molecule has 0 saturated carbocycles. The molecule has 0 fully saturated rings. The first-order valence-corrected chi connectivity index (χ1v) is 9.15. The summed E-state index contributed by atoms with van der Waals surface area (Å²) < 4.78 is 1.90. The van der Waals surface area contributed by atoms with Gasteiger partial charge in [0.05, 0.1) is 4.53 Å². The monoisotopic (exact) mass is 371 g/mol. The third-order valence-corrected chi connectivity index (χ3v) is 5.47. The fourth-order valence-corrected chi connectivity index (χ4v) is 3.91. The first-order chi connectivity index (χ1) is 11.7. The minimum Gasteiger partial charge on any atom is -0.266 e. The van der Waals surface area contributed by atoms with E-state index < -0.39 is 0 Å². The van der Waals surface area contributed by atoms with Crippen molar-refractivity contribution in [1.82, 2.24) is 14.6 Å². The van der Waals surface area contributed by atoms with E-state index in [2.05, 4.69) is 10.1 Å². The molecule has 24 heavy (non-hydrogen) atoms.